The van der Waals surface area contributed by atoms with Crippen molar-refractivity contribution in [1.82, 2.24) is 10.6 Å². The number of amides is 2. The first-order chi connectivity index (χ1) is 8.67. The molecule has 1 aromatic heterocycles. The molecule has 0 saturated heterocycles. The van der Waals surface area contributed by atoms with Crippen molar-refractivity contribution < 1.29 is 19.1 Å². The quantitative estimate of drug-likeness (QED) is 0.761. The van der Waals surface area contributed by atoms with Crippen molar-refractivity contribution in [3.05, 3.63) is 24.2 Å². The van der Waals surface area contributed by atoms with Crippen molar-refractivity contribution in [3.63, 3.8) is 0 Å². The summed E-state index contributed by atoms with van der Waals surface area (Å²) in [6.45, 7) is 6.74. The Morgan fingerprint density at radius 1 is 1.32 bits per heavy atom. The Labute approximate surface area is 112 Å². The van der Waals surface area contributed by atoms with Gasteiger partial charge in [-0.25, -0.2) is 4.79 Å². The molecular weight excluding hydrogens is 248 g/mol. The van der Waals surface area contributed by atoms with Crippen LogP contribution in [0.1, 0.15) is 33.5 Å². The van der Waals surface area contributed by atoms with E-state index in [1.54, 1.807) is 39.8 Å². The highest BCUT2D eigenvalue weighted by atomic mass is 16.4. The van der Waals surface area contributed by atoms with E-state index in [-0.39, 0.29) is 6.54 Å². The van der Waals surface area contributed by atoms with Crippen LogP contribution in [0.3, 0.4) is 0 Å². The summed E-state index contributed by atoms with van der Waals surface area (Å²) >= 11 is 0. The molecule has 0 aliphatic heterocycles. The summed E-state index contributed by atoms with van der Waals surface area (Å²) in [4.78, 5) is 23.0. The Balaban J connectivity index is 2.58. The van der Waals surface area contributed by atoms with E-state index in [2.05, 4.69) is 10.6 Å². The molecule has 0 atom stereocenters. The molecular formula is C13H20N2O4. The zero-order chi connectivity index (χ0) is 14.7. The highest BCUT2D eigenvalue weighted by molar-refractivity contribution is 5.79. The van der Waals surface area contributed by atoms with Gasteiger partial charge in [0.05, 0.1) is 23.8 Å². The van der Waals surface area contributed by atoms with Crippen LogP contribution >= 0.6 is 0 Å². The summed E-state index contributed by atoms with van der Waals surface area (Å²) < 4.78 is 5.08. The van der Waals surface area contributed by atoms with Gasteiger partial charge < -0.3 is 20.2 Å². The van der Waals surface area contributed by atoms with Gasteiger partial charge in [0.15, 0.2) is 0 Å². The lowest BCUT2D eigenvalue weighted by molar-refractivity contribution is -0.150. The molecule has 106 valence electrons. The fraction of sp³-hybridized carbons (Fsp3) is 0.538. The van der Waals surface area contributed by atoms with E-state index in [1.165, 1.54) is 6.26 Å². The molecule has 2 amide bonds. The highest BCUT2D eigenvalue weighted by Crippen LogP contribution is 2.30. The van der Waals surface area contributed by atoms with Gasteiger partial charge in [0.1, 0.15) is 5.76 Å². The third-order valence-electron chi connectivity index (χ3n) is 3.53. The maximum atomic E-state index is 11.8. The van der Waals surface area contributed by atoms with Crippen LogP contribution in [0.25, 0.3) is 0 Å². The Hall–Kier alpha value is -1.98. The molecule has 0 spiro atoms. The van der Waals surface area contributed by atoms with Crippen molar-refractivity contribution in [1.29, 1.82) is 0 Å². The number of furan rings is 1. The number of carboxylic acid groups (broad SMARTS) is 1. The number of carbonyl (C=O) groups excluding carboxylic acids is 1. The number of carboxylic acids is 1. The Morgan fingerprint density at radius 2 is 1.95 bits per heavy atom. The standard InChI is InChI=1S/C13H20N2O4/c1-12(2,10(16)17)13(3,4)15-11(18)14-8-9-6-5-7-19-9/h5-7H,8H2,1-4H3,(H,16,17)(H2,14,15,18). The second-order valence-electron chi connectivity index (χ2n) is 5.44. The summed E-state index contributed by atoms with van der Waals surface area (Å²) in [7, 11) is 0. The molecule has 0 unspecified atom stereocenters. The topological polar surface area (TPSA) is 91.6 Å². The van der Waals surface area contributed by atoms with Crippen LogP contribution in [0.5, 0.6) is 0 Å². The van der Waals surface area contributed by atoms with Gasteiger partial charge in [-0.2, -0.15) is 0 Å². The Bertz CT molecular complexity index is 449. The van der Waals surface area contributed by atoms with E-state index in [0.29, 0.717) is 5.76 Å². The van der Waals surface area contributed by atoms with E-state index in [0.717, 1.165) is 0 Å². The van der Waals surface area contributed by atoms with Crippen molar-refractivity contribution >= 4 is 12.0 Å². The van der Waals surface area contributed by atoms with Gasteiger partial charge in [-0.3, -0.25) is 4.79 Å². The summed E-state index contributed by atoms with van der Waals surface area (Å²) in [6, 6.07) is 3.04. The smallest absolute Gasteiger partial charge is 0.315 e. The number of nitrogens with one attached hydrogen (secondary N) is 2. The van der Waals surface area contributed by atoms with Crippen molar-refractivity contribution in [2.75, 3.05) is 0 Å². The molecule has 0 aliphatic carbocycles. The summed E-state index contributed by atoms with van der Waals surface area (Å²) in [5, 5.41) is 14.5. The third kappa shape index (κ3) is 3.49. The van der Waals surface area contributed by atoms with E-state index in [4.69, 9.17) is 4.42 Å². The largest absolute Gasteiger partial charge is 0.481 e. The minimum Gasteiger partial charge on any atom is -0.481 e. The Kier molecular flexibility index (Phi) is 4.24. The lowest BCUT2D eigenvalue weighted by Crippen LogP contribution is -2.58. The fourth-order valence-corrected chi connectivity index (χ4v) is 1.33. The summed E-state index contributed by atoms with van der Waals surface area (Å²) in [5.41, 5.74) is -1.99. The second kappa shape index (κ2) is 5.34. The molecule has 0 radical (unpaired) electrons. The van der Waals surface area contributed by atoms with E-state index >= 15 is 0 Å². The lowest BCUT2D eigenvalue weighted by Gasteiger charge is -2.38. The first-order valence-corrected chi connectivity index (χ1v) is 5.98. The molecule has 19 heavy (non-hydrogen) atoms. The minimum absolute atomic E-state index is 0.252. The van der Waals surface area contributed by atoms with Crippen molar-refractivity contribution in [2.24, 2.45) is 5.41 Å². The van der Waals surface area contributed by atoms with Crippen LogP contribution < -0.4 is 10.6 Å². The molecule has 0 fully saturated rings. The SMILES string of the molecule is CC(C)(NC(=O)NCc1ccco1)C(C)(C)C(=O)O. The molecule has 1 rings (SSSR count). The van der Waals surface area contributed by atoms with E-state index < -0.39 is 23.0 Å². The van der Waals surface area contributed by atoms with Gasteiger partial charge in [0.2, 0.25) is 0 Å². The summed E-state index contributed by atoms with van der Waals surface area (Å²) in [6.07, 6.45) is 1.52. The average molecular weight is 268 g/mol. The van der Waals surface area contributed by atoms with E-state index in [9.17, 15) is 14.7 Å². The van der Waals surface area contributed by atoms with Crippen LogP contribution in [-0.2, 0) is 11.3 Å². The number of aliphatic carboxylic acids is 1. The van der Waals surface area contributed by atoms with Gasteiger partial charge in [-0.05, 0) is 39.8 Å². The lowest BCUT2D eigenvalue weighted by atomic mass is 9.74. The molecule has 1 aromatic rings. The summed E-state index contributed by atoms with van der Waals surface area (Å²) in [5.74, 6) is -0.339. The predicted molar refractivity (Wildman–Crippen MR) is 69.6 cm³/mol. The zero-order valence-electron chi connectivity index (χ0n) is 11.6. The number of rotatable bonds is 5. The van der Waals surface area contributed by atoms with Gasteiger partial charge in [-0.15, -0.1) is 0 Å². The molecule has 0 aromatic carbocycles. The number of urea groups is 1. The molecule has 0 aliphatic rings. The molecule has 6 nitrogen and oxygen atoms in total. The Morgan fingerprint density at radius 3 is 2.42 bits per heavy atom. The first-order valence-electron chi connectivity index (χ1n) is 5.98. The van der Waals surface area contributed by atoms with Gasteiger partial charge in [0, 0.05) is 0 Å². The zero-order valence-corrected chi connectivity index (χ0v) is 11.6. The van der Waals surface area contributed by atoms with Crippen LogP contribution in [0, 0.1) is 5.41 Å². The molecule has 0 bridgehead atoms. The second-order valence-corrected chi connectivity index (χ2v) is 5.44. The number of hydrogen-bond acceptors (Lipinski definition) is 3. The monoisotopic (exact) mass is 268 g/mol. The fourth-order valence-electron chi connectivity index (χ4n) is 1.33. The number of carbonyl (C=O) groups is 2. The molecule has 0 saturated carbocycles. The van der Waals surface area contributed by atoms with E-state index in [1.807, 2.05) is 0 Å². The van der Waals surface area contributed by atoms with Crippen molar-refractivity contribution in [2.45, 2.75) is 39.8 Å². The molecule has 3 N–H and O–H groups in total. The predicted octanol–water partition coefficient (Wildman–Crippen LogP) is 1.97. The average Bonchev–Trinajstić information content (AvgIpc) is 2.78. The maximum Gasteiger partial charge on any atom is 0.315 e. The van der Waals surface area contributed by atoms with Crippen LogP contribution in [0.4, 0.5) is 4.79 Å². The van der Waals surface area contributed by atoms with Gasteiger partial charge in [0.25, 0.3) is 0 Å². The van der Waals surface area contributed by atoms with Gasteiger partial charge in [-0.1, -0.05) is 0 Å². The molecule has 1 heterocycles. The van der Waals surface area contributed by atoms with Gasteiger partial charge >= 0.3 is 12.0 Å². The van der Waals surface area contributed by atoms with Crippen LogP contribution in [0.2, 0.25) is 0 Å². The number of hydrogen-bond donors (Lipinski definition) is 3. The maximum absolute atomic E-state index is 11.8. The van der Waals surface area contributed by atoms with Crippen LogP contribution in [-0.4, -0.2) is 22.6 Å². The highest BCUT2D eigenvalue weighted by Gasteiger charge is 2.44. The first kappa shape index (κ1) is 15.1. The minimum atomic E-state index is -1.09. The normalized spacial score (nSPS) is 12.0. The van der Waals surface area contributed by atoms with Crippen molar-refractivity contribution in [3.8, 4) is 0 Å². The third-order valence-corrected chi connectivity index (χ3v) is 3.53. The molecule has 6 heteroatoms. The van der Waals surface area contributed by atoms with Crippen LogP contribution in [0.15, 0.2) is 22.8 Å².